The molecule has 0 bridgehead atoms. The zero-order chi connectivity index (χ0) is 10.1. The Balaban J connectivity index is 2.86. The van der Waals surface area contributed by atoms with E-state index < -0.39 is 0 Å². The van der Waals surface area contributed by atoms with Crippen LogP contribution in [0.1, 0.15) is 5.69 Å². The summed E-state index contributed by atoms with van der Waals surface area (Å²) in [5.74, 6) is 0. The molecule has 1 heterocycles. The molecule has 0 radical (unpaired) electrons. The number of aliphatic hydroxyl groups is 1. The molecule has 2 nitrogen and oxygen atoms in total. The van der Waals surface area contributed by atoms with E-state index >= 15 is 0 Å². The van der Waals surface area contributed by atoms with Crippen LogP contribution in [-0.4, -0.2) is 10.1 Å². The van der Waals surface area contributed by atoms with Crippen molar-refractivity contribution in [3.8, 4) is 0 Å². The van der Waals surface area contributed by atoms with Crippen molar-refractivity contribution in [2.45, 2.75) is 6.61 Å². The van der Waals surface area contributed by atoms with Gasteiger partial charge in [-0.1, -0.05) is 23.2 Å². The lowest BCUT2D eigenvalue weighted by Crippen LogP contribution is -1.90. The van der Waals surface area contributed by atoms with Crippen LogP contribution in [0.25, 0.3) is 10.8 Å². The maximum atomic E-state index is 9.07. The van der Waals surface area contributed by atoms with Crippen molar-refractivity contribution in [2.75, 3.05) is 0 Å². The second kappa shape index (κ2) is 3.73. The van der Waals surface area contributed by atoms with E-state index in [1.165, 1.54) is 0 Å². The molecule has 2 aromatic rings. The van der Waals surface area contributed by atoms with Gasteiger partial charge < -0.3 is 5.11 Å². The summed E-state index contributed by atoms with van der Waals surface area (Å²) in [7, 11) is 0. The molecule has 1 N–H and O–H groups in total. The highest BCUT2D eigenvalue weighted by Gasteiger charge is 2.05. The Morgan fingerprint density at radius 2 is 2.00 bits per heavy atom. The number of aliphatic hydroxyl groups excluding tert-OH is 1. The molecule has 2 rings (SSSR count). The van der Waals surface area contributed by atoms with Crippen LogP contribution in [0.5, 0.6) is 0 Å². The first-order valence-corrected chi connectivity index (χ1v) is 4.81. The summed E-state index contributed by atoms with van der Waals surface area (Å²) < 4.78 is 0. The Morgan fingerprint density at radius 3 is 2.71 bits per heavy atom. The van der Waals surface area contributed by atoms with Crippen molar-refractivity contribution < 1.29 is 5.11 Å². The summed E-state index contributed by atoms with van der Waals surface area (Å²) in [6.07, 6.45) is 1.62. The van der Waals surface area contributed by atoms with Crippen LogP contribution in [0.4, 0.5) is 0 Å². The molecule has 0 spiro atoms. The van der Waals surface area contributed by atoms with Crippen LogP contribution in [0.2, 0.25) is 10.0 Å². The van der Waals surface area contributed by atoms with Gasteiger partial charge in [0.05, 0.1) is 12.3 Å². The van der Waals surface area contributed by atoms with Gasteiger partial charge in [-0.05, 0) is 18.2 Å². The molecule has 0 amide bonds. The number of halogens is 2. The minimum Gasteiger partial charge on any atom is -0.390 e. The smallest absolute Gasteiger partial charge is 0.0859 e. The van der Waals surface area contributed by atoms with E-state index in [9.17, 15) is 0 Å². The van der Waals surface area contributed by atoms with Crippen molar-refractivity contribution in [2.24, 2.45) is 0 Å². The number of benzene rings is 1. The van der Waals surface area contributed by atoms with E-state index in [0.717, 1.165) is 10.8 Å². The van der Waals surface area contributed by atoms with E-state index in [4.69, 9.17) is 28.3 Å². The van der Waals surface area contributed by atoms with E-state index in [0.29, 0.717) is 15.7 Å². The third-order valence-electron chi connectivity index (χ3n) is 2.03. The molecule has 0 saturated heterocycles. The van der Waals surface area contributed by atoms with Crippen LogP contribution in [0.15, 0.2) is 24.4 Å². The van der Waals surface area contributed by atoms with Gasteiger partial charge in [-0.2, -0.15) is 0 Å². The van der Waals surface area contributed by atoms with Crippen LogP contribution in [0.3, 0.4) is 0 Å². The van der Waals surface area contributed by atoms with Crippen LogP contribution >= 0.6 is 23.2 Å². The van der Waals surface area contributed by atoms with E-state index in [1.54, 1.807) is 24.4 Å². The normalized spacial score (nSPS) is 10.8. The summed E-state index contributed by atoms with van der Waals surface area (Å²) in [5.41, 5.74) is 0.590. The molecule has 72 valence electrons. The van der Waals surface area contributed by atoms with E-state index in [-0.39, 0.29) is 6.61 Å². The number of fused-ring (bicyclic) bond motifs is 1. The molecule has 14 heavy (non-hydrogen) atoms. The van der Waals surface area contributed by atoms with Crippen LogP contribution in [0, 0.1) is 0 Å². The summed E-state index contributed by atoms with van der Waals surface area (Å²) in [6.45, 7) is -0.117. The predicted octanol–water partition coefficient (Wildman–Crippen LogP) is 3.03. The molecule has 0 aliphatic rings. The molecular weight excluding hydrogens is 221 g/mol. The van der Waals surface area contributed by atoms with Crippen molar-refractivity contribution in [3.05, 3.63) is 40.1 Å². The van der Waals surface area contributed by atoms with Gasteiger partial charge in [0, 0.05) is 27.0 Å². The standard InChI is InChI=1S/C10H7Cl2NO/c11-6-3-8-7(9(12)4-6)1-2-13-10(8)5-14/h1-4,14H,5H2. The zero-order valence-electron chi connectivity index (χ0n) is 7.17. The lowest BCUT2D eigenvalue weighted by molar-refractivity contribution is 0.278. The second-order valence-electron chi connectivity index (χ2n) is 2.90. The number of nitrogens with zero attached hydrogens (tertiary/aromatic N) is 1. The fourth-order valence-electron chi connectivity index (χ4n) is 1.39. The summed E-state index contributed by atoms with van der Waals surface area (Å²) in [6, 6.07) is 5.22. The first kappa shape index (κ1) is 9.71. The number of hydrogen-bond donors (Lipinski definition) is 1. The molecule has 0 fully saturated rings. The van der Waals surface area contributed by atoms with E-state index in [2.05, 4.69) is 4.98 Å². The molecule has 1 aromatic heterocycles. The minimum absolute atomic E-state index is 0.117. The van der Waals surface area contributed by atoms with Gasteiger partial charge >= 0.3 is 0 Å². The fourth-order valence-corrected chi connectivity index (χ4v) is 1.95. The first-order chi connectivity index (χ1) is 6.72. The highest BCUT2D eigenvalue weighted by molar-refractivity contribution is 6.38. The molecule has 0 atom stereocenters. The lowest BCUT2D eigenvalue weighted by Gasteiger charge is -2.04. The van der Waals surface area contributed by atoms with Gasteiger partial charge in [0.1, 0.15) is 0 Å². The van der Waals surface area contributed by atoms with Crippen molar-refractivity contribution in [3.63, 3.8) is 0 Å². The Hall–Kier alpha value is -0.830. The summed E-state index contributed by atoms with van der Waals surface area (Å²) >= 11 is 11.9. The molecule has 0 aliphatic carbocycles. The lowest BCUT2D eigenvalue weighted by atomic mass is 10.1. The monoisotopic (exact) mass is 227 g/mol. The third-order valence-corrected chi connectivity index (χ3v) is 2.56. The van der Waals surface area contributed by atoms with Gasteiger partial charge in [0.2, 0.25) is 0 Å². The van der Waals surface area contributed by atoms with Gasteiger partial charge in [0.15, 0.2) is 0 Å². The number of rotatable bonds is 1. The van der Waals surface area contributed by atoms with Gasteiger partial charge in [-0.15, -0.1) is 0 Å². The highest BCUT2D eigenvalue weighted by Crippen LogP contribution is 2.28. The largest absolute Gasteiger partial charge is 0.390 e. The Labute approximate surface area is 91.1 Å². The van der Waals surface area contributed by atoms with Crippen LogP contribution in [-0.2, 0) is 6.61 Å². The predicted molar refractivity (Wildman–Crippen MR) is 57.7 cm³/mol. The third kappa shape index (κ3) is 1.57. The van der Waals surface area contributed by atoms with Crippen molar-refractivity contribution >= 4 is 34.0 Å². The summed E-state index contributed by atoms with van der Waals surface area (Å²) in [5, 5.41) is 11.8. The quantitative estimate of drug-likeness (QED) is 0.813. The first-order valence-electron chi connectivity index (χ1n) is 4.06. The molecular formula is C10H7Cl2NO. The minimum atomic E-state index is -0.117. The Morgan fingerprint density at radius 1 is 1.21 bits per heavy atom. The number of aromatic nitrogens is 1. The maximum absolute atomic E-state index is 9.07. The van der Waals surface area contributed by atoms with Gasteiger partial charge in [-0.3, -0.25) is 4.98 Å². The average Bonchev–Trinajstić information content (AvgIpc) is 2.17. The molecule has 0 saturated carbocycles. The molecule has 4 heteroatoms. The van der Waals surface area contributed by atoms with Gasteiger partial charge in [-0.25, -0.2) is 0 Å². The maximum Gasteiger partial charge on any atom is 0.0859 e. The second-order valence-corrected chi connectivity index (χ2v) is 3.74. The van der Waals surface area contributed by atoms with E-state index in [1.807, 2.05) is 0 Å². The number of hydrogen-bond acceptors (Lipinski definition) is 2. The molecule has 0 unspecified atom stereocenters. The SMILES string of the molecule is OCc1nccc2c(Cl)cc(Cl)cc12. The molecule has 1 aromatic carbocycles. The van der Waals surface area contributed by atoms with Gasteiger partial charge in [0.25, 0.3) is 0 Å². The topological polar surface area (TPSA) is 33.1 Å². The summed E-state index contributed by atoms with van der Waals surface area (Å²) in [4.78, 5) is 4.04. The Kier molecular flexibility index (Phi) is 2.59. The number of pyridine rings is 1. The molecule has 0 aliphatic heterocycles. The Bertz CT molecular complexity index is 485. The fraction of sp³-hybridized carbons (Fsp3) is 0.100. The highest BCUT2D eigenvalue weighted by atomic mass is 35.5. The van der Waals surface area contributed by atoms with Crippen LogP contribution < -0.4 is 0 Å². The van der Waals surface area contributed by atoms with Crippen molar-refractivity contribution in [1.29, 1.82) is 0 Å². The average molecular weight is 228 g/mol. The zero-order valence-corrected chi connectivity index (χ0v) is 8.68. The van der Waals surface area contributed by atoms with Crippen molar-refractivity contribution in [1.82, 2.24) is 4.98 Å².